The first kappa shape index (κ1) is 25.5. The molecule has 0 bridgehead atoms. The molecule has 3 aliphatic rings. The molecule has 34 heavy (non-hydrogen) atoms. The Hall–Kier alpha value is -1.63. The lowest BCUT2D eigenvalue weighted by Crippen LogP contribution is -2.41. The summed E-state index contributed by atoms with van der Waals surface area (Å²) in [5, 5.41) is 0. The molecule has 4 rings (SSSR count). The van der Waals surface area contributed by atoms with Gasteiger partial charge >= 0.3 is 7.12 Å². The van der Waals surface area contributed by atoms with Crippen molar-refractivity contribution in [1.29, 1.82) is 0 Å². The maximum atomic E-state index is 13.6. The van der Waals surface area contributed by atoms with Gasteiger partial charge in [0, 0.05) is 12.3 Å². The molecule has 0 N–H and O–H groups in total. The third-order valence-electron chi connectivity index (χ3n) is 8.26. The Bertz CT molecular complexity index is 916. The van der Waals surface area contributed by atoms with E-state index in [-0.39, 0.29) is 5.41 Å². The number of unbranched alkanes of at least 4 members (excludes halogenated alkanes) is 1. The summed E-state index contributed by atoms with van der Waals surface area (Å²) in [4.78, 5) is 15.7. The Balaban J connectivity index is 1.59. The summed E-state index contributed by atoms with van der Waals surface area (Å²) in [7, 11) is -0.426. The van der Waals surface area contributed by atoms with Crippen LogP contribution >= 0.6 is 0 Å². The van der Waals surface area contributed by atoms with Crippen LogP contribution in [0.1, 0.15) is 97.6 Å². The zero-order valence-electron chi connectivity index (χ0n) is 22.0. The number of carbonyl (C=O) groups excluding carboxylic acids is 1. The highest BCUT2D eigenvalue weighted by Crippen LogP contribution is 2.47. The number of rotatable bonds is 9. The van der Waals surface area contributed by atoms with E-state index < -0.39 is 18.3 Å². The first-order valence-corrected chi connectivity index (χ1v) is 13.2. The average Bonchev–Trinajstić information content (AvgIpc) is 3.42. The highest BCUT2D eigenvalue weighted by molar-refractivity contribution is 6.62. The van der Waals surface area contributed by atoms with Crippen LogP contribution in [-0.2, 0) is 32.0 Å². The van der Waals surface area contributed by atoms with E-state index in [2.05, 4.69) is 63.8 Å². The molecule has 2 fully saturated rings. The molecule has 1 saturated carbocycles. The largest absolute Gasteiger partial charge is 0.495 e. The van der Waals surface area contributed by atoms with Gasteiger partial charge in [0.25, 0.3) is 0 Å². The molecule has 2 heterocycles. The van der Waals surface area contributed by atoms with E-state index in [0.717, 1.165) is 61.5 Å². The molecule has 0 radical (unpaired) electrons. The van der Waals surface area contributed by atoms with Crippen molar-refractivity contribution < 1.29 is 18.8 Å². The summed E-state index contributed by atoms with van der Waals surface area (Å²) in [6.07, 6.45) is 9.83. The summed E-state index contributed by atoms with van der Waals surface area (Å²) >= 11 is 0. The van der Waals surface area contributed by atoms with Gasteiger partial charge in [0.15, 0.2) is 0 Å². The second-order valence-corrected chi connectivity index (χ2v) is 11.3. The van der Waals surface area contributed by atoms with Gasteiger partial charge in [-0.3, -0.25) is 4.79 Å². The fourth-order valence-corrected chi connectivity index (χ4v) is 5.44. The number of amides is 1. The van der Waals surface area contributed by atoms with Crippen molar-refractivity contribution in [2.75, 3.05) is 6.61 Å². The first-order chi connectivity index (χ1) is 16.1. The molecule has 5 nitrogen and oxygen atoms in total. The second-order valence-electron chi connectivity index (χ2n) is 11.3. The molecule has 6 heteroatoms. The van der Waals surface area contributed by atoms with Gasteiger partial charge in [-0.05, 0) is 83.0 Å². The molecule has 1 aliphatic carbocycles. The third-order valence-corrected chi connectivity index (χ3v) is 8.26. The van der Waals surface area contributed by atoms with Gasteiger partial charge in [-0.2, -0.15) is 0 Å². The highest BCUT2D eigenvalue weighted by Gasteiger charge is 2.52. The molecule has 1 spiro atoms. The lowest BCUT2D eigenvalue weighted by atomic mass is 9.75. The fourth-order valence-electron chi connectivity index (χ4n) is 5.44. The zero-order valence-corrected chi connectivity index (χ0v) is 22.0. The molecule has 186 valence electrons. The van der Waals surface area contributed by atoms with Crippen LogP contribution in [0.4, 0.5) is 0 Å². The minimum atomic E-state index is -0.426. The number of ether oxygens (including phenoxy) is 1. The number of carbonyl (C=O) groups is 1. The van der Waals surface area contributed by atoms with Crippen LogP contribution < -0.4 is 5.46 Å². The van der Waals surface area contributed by atoms with Crippen LogP contribution in [0.2, 0.25) is 0 Å². The van der Waals surface area contributed by atoms with Gasteiger partial charge in [-0.25, -0.2) is 0 Å². The molecule has 1 aromatic rings. The van der Waals surface area contributed by atoms with Gasteiger partial charge in [0.05, 0.1) is 29.8 Å². The van der Waals surface area contributed by atoms with Gasteiger partial charge in [0.1, 0.15) is 0 Å². The lowest BCUT2D eigenvalue weighted by molar-refractivity contribution is -0.135. The van der Waals surface area contributed by atoms with Crippen LogP contribution in [0.15, 0.2) is 30.0 Å². The Morgan fingerprint density at radius 1 is 1.06 bits per heavy atom. The Labute approximate surface area is 206 Å². The molecule has 0 aromatic heterocycles. The number of hydrogen-bond donors (Lipinski definition) is 0. The Morgan fingerprint density at radius 3 is 2.35 bits per heavy atom. The van der Waals surface area contributed by atoms with Crippen LogP contribution in [0, 0.1) is 5.41 Å². The van der Waals surface area contributed by atoms with Crippen molar-refractivity contribution in [3.05, 3.63) is 41.1 Å². The van der Waals surface area contributed by atoms with Crippen molar-refractivity contribution in [2.45, 2.75) is 111 Å². The molecular formula is C28H42BNO4. The molecule has 0 unspecified atom stereocenters. The molecule has 1 saturated heterocycles. The molecule has 1 aromatic carbocycles. The average molecular weight is 467 g/mol. The number of benzene rings is 1. The molecule has 1 amide bonds. The summed E-state index contributed by atoms with van der Waals surface area (Å²) in [5.74, 6) is 0.303. The maximum absolute atomic E-state index is 13.6. The smallest absolute Gasteiger partial charge is 0.399 e. The molecule has 2 aliphatic heterocycles. The quantitative estimate of drug-likeness (QED) is 0.450. The Morgan fingerprint density at radius 2 is 1.74 bits per heavy atom. The van der Waals surface area contributed by atoms with Crippen LogP contribution in [0.25, 0.3) is 0 Å². The molecule has 0 atom stereocenters. The third kappa shape index (κ3) is 4.74. The van der Waals surface area contributed by atoms with Crippen LogP contribution in [0.3, 0.4) is 0 Å². The van der Waals surface area contributed by atoms with Crippen LogP contribution in [0.5, 0.6) is 0 Å². The van der Waals surface area contributed by atoms with E-state index in [9.17, 15) is 4.79 Å². The van der Waals surface area contributed by atoms with E-state index in [1.54, 1.807) is 0 Å². The van der Waals surface area contributed by atoms with Crippen molar-refractivity contribution in [1.82, 2.24) is 4.90 Å². The normalized spacial score (nSPS) is 22.8. The van der Waals surface area contributed by atoms with Gasteiger partial charge in [-0.1, -0.05) is 44.4 Å². The van der Waals surface area contributed by atoms with Gasteiger partial charge in [0.2, 0.25) is 5.91 Å². The summed E-state index contributed by atoms with van der Waals surface area (Å²) < 4.78 is 18.5. The second kappa shape index (κ2) is 9.79. The molecular weight excluding hydrogens is 425 g/mol. The van der Waals surface area contributed by atoms with Crippen molar-refractivity contribution in [2.24, 2.45) is 5.41 Å². The van der Waals surface area contributed by atoms with E-state index in [4.69, 9.17) is 14.0 Å². The maximum Gasteiger partial charge on any atom is 0.495 e. The minimum absolute atomic E-state index is 0.250. The monoisotopic (exact) mass is 467 g/mol. The van der Waals surface area contributed by atoms with E-state index >= 15 is 0 Å². The van der Waals surface area contributed by atoms with Gasteiger partial charge in [-0.15, -0.1) is 0 Å². The van der Waals surface area contributed by atoms with Crippen LogP contribution in [-0.4, -0.2) is 35.7 Å². The number of nitrogens with zero attached hydrogens (tertiary/aromatic N) is 1. The summed E-state index contributed by atoms with van der Waals surface area (Å²) in [5.41, 5.74) is 3.39. The van der Waals surface area contributed by atoms with E-state index in [1.807, 2.05) is 6.92 Å². The topological polar surface area (TPSA) is 48.0 Å². The van der Waals surface area contributed by atoms with E-state index in [0.29, 0.717) is 25.7 Å². The summed E-state index contributed by atoms with van der Waals surface area (Å²) in [6, 6.07) is 6.41. The summed E-state index contributed by atoms with van der Waals surface area (Å²) in [6.45, 7) is 14.3. The minimum Gasteiger partial charge on any atom is -0.399 e. The number of allylic oxidation sites excluding steroid dienone is 1. The first-order valence-electron chi connectivity index (χ1n) is 13.2. The van der Waals surface area contributed by atoms with Crippen molar-refractivity contribution >= 4 is 18.5 Å². The van der Waals surface area contributed by atoms with Crippen molar-refractivity contribution in [3.8, 4) is 0 Å². The Kier molecular flexibility index (Phi) is 7.33. The van der Waals surface area contributed by atoms with Gasteiger partial charge < -0.3 is 18.9 Å². The fraction of sp³-hybridized carbons (Fsp3) is 0.679. The predicted octanol–water partition coefficient (Wildman–Crippen LogP) is 5.50. The standard InChI is InChI=1S/C28H42BNO4/c1-7-9-12-23-18-28(15-10-11-16-28)25(31)30(23)19-21-13-14-24(22(17-21)20-32-8-2)29-33-26(3,4)27(5,6)34-29/h13-14,17-18H,7-12,15-16,19-20H2,1-6H3. The lowest BCUT2D eigenvalue weighted by Gasteiger charge is -2.32. The van der Waals surface area contributed by atoms with Crippen molar-refractivity contribution in [3.63, 3.8) is 0 Å². The SMILES string of the molecule is CCCCC1=CC2(CCCC2)C(=O)N1Cc1ccc(B2OC(C)(C)C(C)(C)O2)c(COCC)c1. The predicted molar refractivity (Wildman–Crippen MR) is 137 cm³/mol. The highest BCUT2D eigenvalue weighted by atomic mass is 16.7. The van der Waals surface area contributed by atoms with E-state index in [1.165, 1.54) is 5.70 Å². The number of hydrogen-bond acceptors (Lipinski definition) is 4. The zero-order chi connectivity index (χ0) is 24.6.